The van der Waals surface area contributed by atoms with Crippen molar-refractivity contribution in [1.29, 1.82) is 5.26 Å². The summed E-state index contributed by atoms with van der Waals surface area (Å²) in [4.78, 5) is 14.2. The molecule has 1 heterocycles. The molecule has 0 aromatic heterocycles. The van der Waals surface area contributed by atoms with Crippen molar-refractivity contribution in [3.63, 3.8) is 0 Å². The van der Waals surface area contributed by atoms with Crippen LogP contribution in [0.1, 0.15) is 52.9 Å². The zero-order valence-corrected chi connectivity index (χ0v) is 15.5. The molecule has 0 amide bonds. The molecule has 1 unspecified atom stereocenters. The van der Waals surface area contributed by atoms with E-state index in [4.69, 9.17) is 0 Å². The Morgan fingerprint density at radius 3 is 2.50 bits per heavy atom. The monoisotopic (exact) mass is 347 g/mol. The second-order valence-corrected chi connectivity index (χ2v) is 6.98. The number of hydrogen-bond donors (Lipinski definition) is 1. The quantitative estimate of drug-likeness (QED) is 0.791. The molecule has 0 radical (unpaired) electrons. The molecule has 1 aliphatic heterocycles. The third-order valence-corrected chi connectivity index (χ3v) is 5.08. The zero-order chi connectivity index (χ0) is 18.5. The van der Waals surface area contributed by atoms with Crippen molar-refractivity contribution in [2.45, 2.75) is 32.7 Å². The van der Waals surface area contributed by atoms with Crippen LogP contribution in [0.3, 0.4) is 0 Å². The number of Topliss-reactive ketones (excluding diaryl/α,β-unsaturated/α-hetero) is 1. The molecule has 0 saturated carbocycles. The van der Waals surface area contributed by atoms with Crippen LogP contribution in [0.15, 0.2) is 42.5 Å². The highest BCUT2D eigenvalue weighted by Gasteiger charge is 2.23. The lowest BCUT2D eigenvalue weighted by Crippen LogP contribution is -2.31. The molecule has 4 heteroatoms. The Kier molecular flexibility index (Phi) is 5.70. The van der Waals surface area contributed by atoms with Gasteiger partial charge in [-0.1, -0.05) is 29.8 Å². The molecular weight excluding hydrogens is 322 g/mol. The number of nitrogens with one attached hydrogen (secondary N) is 1. The van der Waals surface area contributed by atoms with Crippen molar-refractivity contribution in [2.24, 2.45) is 0 Å². The van der Waals surface area contributed by atoms with Gasteiger partial charge in [0.15, 0.2) is 5.78 Å². The number of anilines is 1. The molecule has 134 valence electrons. The first-order valence-electron chi connectivity index (χ1n) is 9.18. The van der Waals surface area contributed by atoms with Gasteiger partial charge in [-0.2, -0.15) is 5.26 Å². The highest BCUT2D eigenvalue weighted by atomic mass is 16.1. The Labute approximate surface area is 155 Å². The number of likely N-dealkylation sites (tertiary alicyclic amines) is 1. The molecule has 0 spiro atoms. The Morgan fingerprint density at radius 1 is 1.19 bits per heavy atom. The van der Waals surface area contributed by atoms with Crippen molar-refractivity contribution in [2.75, 3.05) is 25.0 Å². The Morgan fingerprint density at radius 2 is 1.88 bits per heavy atom. The molecule has 2 aromatic rings. The van der Waals surface area contributed by atoms with E-state index in [-0.39, 0.29) is 11.8 Å². The molecule has 1 saturated heterocycles. The lowest BCUT2D eigenvalue weighted by Gasteiger charge is -2.29. The summed E-state index contributed by atoms with van der Waals surface area (Å²) in [5, 5.41) is 12.8. The van der Waals surface area contributed by atoms with E-state index >= 15 is 0 Å². The molecule has 1 N–H and O–H groups in total. The highest BCUT2D eigenvalue weighted by Crippen LogP contribution is 2.27. The third-order valence-electron chi connectivity index (χ3n) is 5.08. The fourth-order valence-electron chi connectivity index (χ4n) is 3.51. The van der Waals surface area contributed by atoms with Crippen LogP contribution < -0.4 is 5.32 Å². The average Bonchev–Trinajstić information content (AvgIpc) is 3.17. The Balaban J connectivity index is 1.84. The summed E-state index contributed by atoms with van der Waals surface area (Å²) in [7, 11) is 0. The Hall–Kier alpha value is -2.64. The van der Waals surface area contributed by atoms with Gasteiger partial charge in [0.2, 0.25) is 0 Å². The summed E-state index contributed by atoms with van der Waals surface area (Å²) in [5.41, 5.74) is 4.46. The molecule has 0 bridgehead atoms. The van der Waals surface area contributed by atoms with Gasteiger partial charge in [0.05, 0.1) is 17.3 Å². The topological polar surface area (TPSA) is 56.1 Å². The molecule has 1 atom stereocenters. The van der Waals surface area contributed by atoms with Crippen LogP contribution in [-0.2, 0) is 0 Å². The second-order valence-electron chi connectivity index (χ2n) is 6.98. The number of carbonyl (C=O) groups is 1. The van der Waals surface area contributed by atoms with E-state index in [2.05, 4.69) is 47.5 Å². The smallest absolute Gasteiger partial charge is 0.159 e. The number of nitriles is 1. The van der Waals surface area contributed by atoms with Crippen LogP contribution in [0, 0.1) is 18.3 Å². The minimum Gasteiger partial charge on any atom is -0.382 e. The normalized spacial score (nSPS) is 15.4. The standard InChI is InChI=1S/C22H25N3O/c1-16-5-7-18(8-6-16)22(25-11-3-4-12-25)15-24-21-13-19(17(2)26)9-10-20(21)14-23/h5-10,13,22,24H,3-4,11-12,15H2,1-2H3. The molecular formula is C22H25N3O. The van der Waals surface area contributed by atoms with Gasteiger partial charge in [-0.15, -0.1) is 0 Å². The number of aryl methyl sites for hydroxylation is 1. The summed E-state index contributed by atoms with van der Waals surface area (Å²) in [6, 6.07) is 16.4. The second kappa shape index (κ2) is 8.16. The zero-order valence-electron chi connectivity index (χ0n) is 15.5. The van der Waals surface area contributed by atoms with E-state index in [1.54, 1.807) is 25.1 Å². The summed E-state index contributed by atoms with van der Waals surface area (Å²) >= 11 is 0. The van der Waals surface area contributed by atoms with Crippen LogP contribution in [-0.4, -0.2) is 30.3 Å². The van der Waals surface area contributed by atoms with E-state index in [0.29, 0.717) is 17.7 Å². The number of benzene rings is 2. The van der Waals surface area contributed by atoms with Gasteiger partial charge in [0, 0.05) is 12.1 Å². The van der Waals surface area contributed by atoms with Crippen LogP contribution in [0.4, 0.5) is 5.69 Å². The van der Waals surface area contributed by atoms with Gasteiger partial charge < -0.3 is 5.32 Å². The van der Waals surface area contributed by atoms with Crippen molar-refractivity contribution < 1.29 is 4.79 Å². The molecule has 2 aromatic carbocycles. The summed E-state index contributed by atoms with van der Waals surface area (Å²) in [6.07, 6.45) is 2.46. The lowest BCUT2D eigenvalue weighted by atomic mass is 10.0. The largest absolute Gasteiger partial charge is 0.382 e. The first kappa shape index (κ1) is 18.2. The predicted molar refractivity (Wildman–Crippen MR) is 104 cm³/mol. The number of hydrogen-bond acceptors (Lipinski definition) is 4. The van der Waals surface area contributed by atoms with E-state index in [1.807, 2.05) is 0 Å². The third kappa shape index (κ3) is 4.12. The maximum absolute atomic E-state index is 11.7. The van der Waals surface area contributed by atoms with Crippen LogP contribution >= 0.6 is 0 Å². The summed E-state index contributed by atoms with van der Waals surface area (Å²) in [6.45, 7) is 6.54. The lowest BCUT2D eigenvalue weighted by molar-refractivity contribution is 0.101. The van der Waals surface area contributed by atoms with Crippen molar-refractivity contribution in [1.82, 2.24) is 4.90 Å². The molecule has 1 fully saturated rings. The highest BCUT2D eigenvalue weighted by molar-refractivity contribution is 5.95. The van der Waals surface area contributed by atoms with Crippen molar-refractivity contribution in [3.8, 4) is 6.07 Å². The van der Waals surface area contributed by atoms with Crippen LogP contribution in [0.2, 0.25) is 0 Å². The first-order valence-corrected chi connectivity index (χ1v) is 9.18. The van der Waals surface area contributed by atoms with Gasteiger partial charge in [-0.25, -0.2) is 0 Å². The number of ketones is 1. The summed E-state index contributed by atoms with van der Waals surface area (Å²) < 4.78 is 0. The van der Waals surface area contributed by atoms with E-state index in [1.165, 1.54) is 24.0 Å². The molecule has 0 aliphatic carbocycles. The maximum atomic E-state index is 11.7. The number of rotatable bonds is 6. The number of carbonyl (C=O) groups excluding carboxylic acids is 1. The van der Waals surface area contributed by atoms with Gasteiger partial charge in [0.25, 0.3) is 0 Å². The van der Waals surface area contributed by atoms with Gasteiger partial charge >= 0.3 is 0 Å². The van der Waals surface area contributed by atoms with Crippen LogP contribution in [0.25, 0.3) is 0 Å². The minimum atomic E-state index is 0.00664. The van der Waals surface area contributed by atoms with E-state index < -0.39 is 0 Å². The number of nitrogens with zero attached hydrogens (tertiary/aromatic N) is 2. The molecule has 1 aliphatic rings. The fraction of sp³-hybridized carbons (Fsp3) is 0.364. The van der Waals surface area contributed by atoms with Gasteiger partial charge in [-0.05, 0) is 63.5 Å². The predicted octanol–water partition coefficient (Wildman–Crippen LogP) is 4.32. The Bertz CT molecular complexity index is 814. The van der Waals surface area contributed by atoms with Gasteiger partial charge in [-0.3, -0.25) is 9.69 Å². The SMILES string of the molecule is CC(=O)c1ccc(C#N)c(NCC(c2ccc(C)cc2)N2CCCC2)c1. The van der Waals surface area contributed by atoms with Crippen molar-refractivity contribution in [3.05, 3.63) is 64.7 Å². The van der Waals surface area contributed by atoms with Gasteiger partial charge in [0.1, 0.15) is 6.07 Å². The maximum Gasteiger partial charge on any atom is 0.159 e. The first-order chi connectivity index (χ1) is 12.6. The molecule has 26 heavy (non-hydrogen) atoms. The average molecular weight is 347 g/mol. The summed E-state index contributed by atoms with van der Waals surface area (Å²) in [5.74, 6) is 0.00664. The molecule has 3 rings (SSSR count). The van der Waals surface area contributed by atoms with Crippen LogP contribution in [0.5, 0.6) is 0 Å². The minimum absolute atomic E-state index is 0.00664. The molecule has 4 nitrogen and oxygen atoms in total. The van der Waals surface area contributed by atoms with E-state index in [0.717, 1.165) is 18.8 Å². The fourth-order valence-corrected chi connectivity index (χ4v) is 3.51. The van der Waals surface area contributed by atoms with Crippen molar-refractivity contribution >= 4 is 11.5 Å². The van der Waals surface area contributed by atoms with E-state index in [9.17, 15) is 10.1 Å².